The number of thioether (sulfide) groups is 1. The lowest BCUT2D eigenvalue weighted by atomic mass is 10.3. The Hall–Kier alpha value is -0.0600. The molecule has 1 aromatic heterocycles. The van der Waals surface area contributed by atoms with Crippen molar-refractivity contribution < 1.29 is 0 Å². The minimum absolute atomic E-state index is 0.319. The van der Waals surface area contributed by atoms with Gasteiger partial charge in [-0.3, -0.25) is 0 Å². The molecule has 0 atom stereocenters. The Labute approximate surface area is 114 Å². The topological polar surface area (TPSA) is 24.9 Å². The fourth-order valence-corrected chi connectivity index (χ4v) is 3.39. The maximum absolute atomic E-state index is 4.74. The van der Waals surface area contributed by atoms with Crippen LogP contribution in [0, 0.1) is 0 Å². The molecule has 98 valence electrons. The number of nitrogens with zero attached hydrogens (tertiary/aromatic N) is 1. The van der Waals surface area contributed by atoms with E-state index in [1.807, 2.05) is 23.1 Å². The molecule has 0 saturated carbocycles. The van der Waals surface area contributed by atoms with Gasteiger partial charge < -0.3 is 5.32 Å². The lowest BCUT2D eigenvalue weighted by Gasteiger charge is -2.16. The Bertz CT molecular complexity index is 340. The molecule has 0 radical (unpaired) electrons. The molecule has 0 amide bonds. The van der Waals surface area contributed by atoms with Gasteiger partial charge in [-0.05, 0) is 13.0 Å². The molecular weight excluding hydrogens is 248 g/mol. The molecule has 0 bridgehead atoms. The largest absolute Gasteiger partial charge is 0.312 e. The molecule has 2 nitrogen and oxygen atoms in total. The van der Waals surface area contributed by atoms with Gasteiger partial charge in [-0.1, -0.05) is 34.6 Å². The molecule has 0 unspecified atom stereocenters. The van der Waals surface area contributed by atoms with E-state index < -0.39 is 0 Å². The van der Waals surface area contributed by atoms with Crippen LogP contribution in [0.3, 0.4) is 0 Å². The summed E-state index contributed by atoms with van der Waals surface area (Å²) in [7, 11) is 0. The monoisotopic (exact) mass is 272 g/mol. The maximum atomic E-state index is 4.74. The van der Waals surface area contributed by atoms with Crippen LogP contribution in [0.1, 0.15) is 50.2 Å². The highest BCUT2D eigenvalue weighted by molar-refractivity contribution is 7.99. The molecule has 1 heterocycles. The molecule has 0 aliphatic heterocycles. The number of nitrogens with one attached hydrogen (secondary N) is 1. The van der Waals surface area contributed by atoms with Gasteiger partial charge in [-0.25, -0.2) is 4.98 Å². The van der Waals surface area contributed by atoms with Crippen molar-refractivity contribution in [1.29, 1.82) is 0 Å². The predicted octanol–water partition coefficient (Wildman–Crippen LogP) is 3.85. The van der Waals surface area contributed by atoms with Gasteiger partial charge >= 0.3 is 0 Å². The third kappa shape index (κ3) is 5.40. The van der Waals surface area contributed by atoms with Crippen LogP contribution in [0.25, 0.3) is 0 Å². The lowest BCUT2D eigenvalue weighted by Crippen LogP contribution is -2.11. The summed E-state index contributed by atoms with van der Waals surface area (Å²) in [5.41, 5.74) is 1.28. The molecule has 0 spiro atoms. The predicted molar refractivity (Wildman–Crippen MR) is 79.9 cm³/mol. The van der Waals surface area contributed by atoms with E-state index in [1.54, 1.807) is 0 Å². The first-order valence-corrected chi connectivity index (χ1v) is 8.08. The van der Waals surface area contributed by atoms with Crippen LogP contribution in [0.15, 0.2) is 0 Å². The van der Waals surface area contributed by atoms with Gasteiger partial charge in [0.1, 0.15) is 5.01 Å². The first-order chi connectivity index (χ1) is 7.96. The molecule has 1 N–H and O–H groups in total. The molecule has 0 saturated heterocycles. The van der Waals surface area contributed by atoms with Crippen LogP contribution >= 0.6 is 23.1 Å². The Kier molecular flexibility index (Phi) is 5.97. The van der Waals surface area contributed by atoms with Gasteiger partial charge in [0.25, 0.3) is 0 Å². The van der Waals surface area contributed by atoms with Crippen LogP contribution in [-0.2, 0) is 18.7 Å². The third-order valence-electron chi connectivity index (χ3n) is 2.32. The second-order valence-electron chi connectivity index (χ2n) is 5.01. The van der Waals surface area contributed by atoms with Gasteiger partial charge in [-0.15, -0.1) is 23.1 Å². The maximum Gasteiger partial charge on any atom is 0.103 e. The molecule has 0 fully saturated rings. The normalized spacial score (nSPS) is 12.1. The van der Waals surface area contributed by atoms with Crippen molar-refractivity contribution in [2.45, 2.75) is 58.1 Å². The van der Waals surface area contributed by atoms with Crippen molar-refractivity contribution in [2.75, 3.05) is 6.54 Å². The minimum atomic E-state index is 0.319. The Morgan fingerprint density at radius 3 is 2.53 bits per heavy atom. The molecule has 0 aliphatic rings. The van der Waals surface area contributed by atoms with Crippen LogP contribution in [-0.4, -0.2) is 16.3 Å². The molecule has 1 aromatic rings. The molecule has 17 heavy (non-hydrogen) atoms. The second kappa shape index (κ2) is 6.76. The van der Waals surface area contributed by atoms with E-state index in [0.29, 0.717) is 4.75 Å². The van der Waals surface area contributed by atoms with Crippen molar-refractivity contribution in [1.82, 2.24) is 10.3 Å². The Morgan fingerprint density at radius 2 is 2.00 bits per heavy atom. The van der Waals surface area contributed by atoms with Crippen molar-refractivity contribution in [3.05, 3.63) is 15.6 Å². The van der Waals surface area contributed by atoms with E-state index in [-0.39, 0.29) is 0 Å². The highest BCUT2D eigenvalue weighted by atomic mass is 32.2. The van der Waals surface area contributed by atoms with Crippen molar-refractivity contribution in [3.63, 3.8) is 0 Å². The summed E-state index contributed by atoms with van der Waals surface area (Å²) in [5.74, 6) is 1.04. The number of rotatable bonds is 6. The number of hydrogen-bond acceptors (Lipinski definition) is 4. The van der Waals surface area contributed by atoms with Crippen LogP contribution in [0.4, 0.5) is 0 Å². The quantitative estimate of drug-likeness (QED) is 0.851. The standard InChI is InChI=1S/C13H24N2S2/c1-6-10-11(8-14-7-2)17-12(15-10)9-16-13(3,4)5/h14H,6-9H2,1-5H3. The van der Waals surface area contributed by atoms with Crippen molar-refractivity contribution in [2.24, 2.45) is 0 Å². The molecule has 1 rings (SSSR count). The number of hydrogen-bond donors (Lipinski definition) is 1. The lowest BCUT2D eigenvalue weighted by molar-refractivity contribution is 0.727. The van der Waals surface area contributed by atoms with Gasteiger partial charge in [0.05, 0.1) is 5.69 Å². The molecular formula is C13H24N2S2. The zero-order valence-corrected chi connectivity index (χ0v) is 13.2. The van der Waals surface area contributed by atoms with Crippen molar-refractivity contribution in [3.8, 4) is 0 Å². The van der Waals surface area contributed by atoms with E-state index in [0.717, 1.165) is 25.3 Å². The summed E-state index contributed by atoms with van der Waals surface area (Å²) < 4.78 is 0.319. The highest BCUT2D eigenvalue weighted by Gasteiger charge is 2.14. The average molecular weight is 272 g/mol. The summed E-state index contributed by atoms with van der Waals surface area (Å²) in [6.45, 7) is 13.1. The van der Waals surface area contributed by atoms with E-state index in [2.05, 4.69) is 39.9 Å². The third-order valence-corrected chi connectivity index (χ3v) is 4.89. The fourth-order valence-electron chi connectivity index (χ4n) is 1.43. The molecule has 0 aromatic carbocycles. The number of aromatic nitrogens is 1. The Balaban J connectivity index is 2.64. The highest BCUT2D eigenvalue weighted by Crippen LogP contribution is 2.30. The first-order valence-electron chi connectivity index (χ1n) is 6.28. The fraction of sp³-hybridized carbons (Fsp3) is 0.769. The van der Waals surface area contributed by atoms with Gasteiger partial charge in [0.15, 0.2) is 0 Å². The average Bonchev–Trinajstić information content (AvgIpc) is 2.65. The van der Waals surface area contributed by atoms with Gasteiger partial charge in [-0.2, -0.15) is 0 Å². The second-order valence-corrected chi connectivity index (χ2v) is 7.98. The number of aryl methyl sites for hydroxylation is 1. The summed E-state index contributed by atoms with van der Waals surface area (Å²) in [6.07, 6.45) is 1.04. The first kappa shape index (κ1) is 15.0. The Morgan fingerprint density at radius 1 is 1.29 bits per heavy atom. The SMILES string of the molecule is CCNCc1sc(CSC(C)(C)C)nc1CC. The molecule has 0 aliphatic carbocycles. The van der Waals surface area contributed by atoms with E-state index >= 15 is 0 Å². The molecule has 4 heteroatoms. The minimum Gasteiger partial charge on any atom is -0.312 e. The smallest absolute Gasteiger partial charge is 0.103 e. The zero-order chi connectivity index (χ0) is 12.9. The summed E-state index contributed by atoms with van der Waals surface area (Å²) in [5, 5.41) is 4.66. The van der Waals surface area contributed by atoms with Gasteiger partial charge in [0, 0.05) is 21.9 Å². The summed E-state index contributed by atoms with van der Waals surface area (Å²) in [4.78, 5) is 6.16. The van der Waals surface area contributed by atoms with Crippen LogP contribution in [0.2, 0.25) is 0 Å². The van der Waals surface area contributed by atoms with E-state index in [1.165, 1.54) is 15.6 Å². The number of thiazole rings is 1. The van der Waals surface area contributed by atoms with Crippen LogP contribution in [0.5, 0.6) is 0 Å². The zero-order valence-electron chi connectivity index (χ0n) is 11.6. The van der Waals surface area contributed by atoms with E-state index in [9.17, 15) is 0 Å². The van der Waals surface area contributed by atoms with E-state index in [4.69, 9.17) is 4.98 Å². The van der Waals surface area contributed by atoms with Crippen molar-refractivity contribution >= 4 is 23.1 Å². The van der Waals surface area contributed by atoms with Gasteiger partial charge in [0.2, 0.25) is 0 Å². The van der Waals surface area contributed by atoms with Crippen LogP contribution < -0.4 is 5.32 Å². The summed E-state index contributed by atoms with van der Waals surface area (Å²) in [6, 6.07) is 0. The summed E-state index contributed by atoms with van der Waals surface area (Å²) >= 11 is 3.84.